The third kappa shape index (κ3) is 3.30. The van der Waals surface area contributed by atoms with E-state index in [-0.39, 0.29) is 0 Å². The first-order valence-corrected chi connectivity index (χ1v) is 14.1. The van der Waals surface area contributed by atoms with Gasteiger partial charge in [-0.25, -0.2) is 0 Å². The van der Waals surface area contributed by atoms with Crippen LogP contribution < -0.4 is 0 Å². The first-order valence-electron chi connectivity index (χ1n) is 14.1. The maximum Gasteiger partial charge on any atom is 0.136 e. The highest BCUT2D eigenvalue weighted by Gasteiger charge is 2.19. The van der Waals surface area contributed by atoms with Gasteiger partial charge in [0.2, 0.25) is 0 Å². The highest BCUT2D eigenvalue weighted by Crippen LogP contribution is 2.46. The Labute approximate surface area is 236 Å². The van der Waals surface area contributed by atoms with Gasteiger partial charge in [0.15, 0.2) is 0 Å². The van der Waals surface area contributed by atoms with Crippen molar-refractivity contribution in [3.8, 4) is 22.3 Å². The van der Waals surface area contributed by atoms with E-state index in [2.05, 4.69) is 146 Å². The summed E-state index contributed by atoms with van der Waals surface area (Å²) < 4.78 is 6.51. The molecule has 1 nitrogen and oxygen atoms in total. The van der Waals surface area contributed by atoms with E-state index < -0.39 is 0 Å². The fraction of sp³-hybridized carbons (Fsp3) is 0. The second kappa shape index (κ2) is 8.55. The topological polar surface area (TPSA) is 13.1 Å². The molecule has 0 unspecified atom stereocenters. The molecule has 1 heteroatoms. The fourth-order valence-corrected chi connectivity index (χ4v) is 6.78. The molecule has 0 saturated carbocycles. The van der Waals surface area contributed by atoms with Crippen LogP contribution in [0, 0.1) is 0 Å². The highest BCUT2D eigenvalue weighted by atomic mass is 16.3. The molecule has 9 rings (SSSR count). The van der Waals surface area contributed by atoms with Crippen LogP contribution in [0.3, 0.4) is 0 Å². The van der Waals surface area contributed by atoms with Gasteiger partial charge in [-0.2, -0.15) is 0 Å². The van der Waals surface area contributed by atoms with Gasteiger partial charge in [0.1, 0.15) is 11.2 Å². The van der Waals surface area contributed by atoms with Crippen molar-refractivity contribution < 1.29 is 4.42 Å². The lowest BCUT2D eigenvalue weighted by molar-refractivity contribution is 0.669. The van der Waals surface area contributed by atoms with E-state index in [0.29, 0.717) is 0 Å². The summed E-state index contributed by atoms with van der Waals surface area (Å²) >= 11 is 0. The third-order valence-corrected chi connectivity index (χ3v) is 8.60. The Hall–Kier alpha value is -5.40. The molecule has 0 atom stereocenters. The third-order valence-electron chi connectivity index (χ3n) is 8.60. The average Bonchev–Trinajstić information content (AvgIpc) is 3.40. The lowest BCUT2D eigenvalue weighted by Gasteiger charge is -2.17. The molecule has 0 bridgehead atoms. The number of fused-ring (bicyclic) bond motifs is 8. The van der Waals surface area contributed by atoms with E-state index in [4.69, 9.17) is 4.42 Å². The molecule has 0 aliphatic rings. The molecule has 0 aliphatic carbocycles. The molecule has 0 fully saturated rings. The minimum absolute atomic E-state index is 0.915. The first kappa shape index (κ1) is 22.4. The lowest BCUT2D eigenvalue weighted by atomic mass is 9.85. The standard InChI is InChI=1S/C40H24O/c1-2-11-25(12-3-1)33-24-35-34(31-18-9-8-17-30(31)33)22-28-15-6-7-16-29(28)39(35)32-19-10-20-37-40(32)36-21-26-13-4-5-14-27(26)23-38(36)41-37/h1-24H. The van der Waals surface area contributed by atoms with Gasteiger partial charge in [0, 0.05) is 10.8 Å². The molecule has 9 aromatic rings. The number of hydrogen-bond acceptors (Lipinski definition) is 1. The largest absolute Gasteiger partial charge is 0.456 e. The van der Waals surface area contributed by atoms with Crippen LogP contribution in [0.4, 0.5) is 0 Å². The van der Waals surface area contributed by atoms with Crippen molar-refractivity contribution >= 4 is 65.0 Å². The molecule has 0 spiro atoms. The minimum Gasteiger partial charge on any atom is -0.456 e. The zero-order valence-electron chi connectivity index (χ0n) is 22.3. The van der Waals surface area contributed by atoms with E-state index >= 15 is 0 Å². The fourth-order valence-electron chi connectivity index (χ4n) is 6.78. The van der Waals surface area contributed by atoms with Crippen LogP contribution in [-0.4, -0.2) is 0 Å². The lowest BCUT2D eigenvalue weighted by Crippen LogP contribution is -1.90. The van der Waals surface area contributed by atoms with Gasteiger partial charge in [0.05, 0.1) is 0 Å². The maximum atomic E-state index is 6.51. The number of furan rings is 1. The van der Waals surface area contributed by atoms with Crippen molar-refractivity contribution in [1.29, 1.82) is 0 Å². The van der Waals surface area contributed by atoms with E-state index in [1.807, 2.05) is 0 Å². The summed E-state index contributed by atoms with van der Waals surface area (Å²) in [5, 5.41) is 12.3. The van der Waals surface area contributed by atoms with Crippen LogP contribution in [0.1, 0.15) is 0 Å². The van der Waals surface area contributed by atoms with E-state index in [0.717, 1.165) is 16.6 Å². The van der Waals surface area contributed by atoms with Gasteiger partial charge in [0.25, 0.3) is 0 Å². The molecule has 0 amide bonds. The smallest absolute Gasteiger partial charge is 0.136 e. The first-order chi connectivity index (χ1) is 20.3. The van der Waals surface area contributed by atoms with Crippen molar-refractivity contribution in [2.75, 3.05) is 0 Å². The van der Waals surface area contributed by atoms with Gasteiger partial charge in [-0.15, -0.1) is 0 Å². The summed E-state index contributed by atoms with van der Waals surface area (Å²) in [6.45, 7) is 0. The maximum absolute atomic E-state index is 6.51. The highest BCUT2D eigenvalue weighted by molar-refractivity contribution is 6.26. The summed E-state index contributed by atoms with van der Waals surface area (Å²) in [7, 11) is 0. The molecule has 190 valence electrons. The molecule has 1 heterocycles. The molecule has 0 aliphatic heterocycles. The monoisotopic (exact) mass is 520 g/mol. The van der Waals surface area contributed by atoms with Crippen LogP contribution >= 0.6 is 0 Å². The predicted molar refractivity (Wildman–Crippen MR) is 175 cm³/mol. The summed E-state index contributed by atoms with van der Waals surface area (Å²) in [6.07, 6.45) is 0. The number of rotatable bonds is 2. The van der Waals surface area contributed by atoms with Crippen molar-refractivity contribution in [2.24, 2.45) is 0 Å². The van der Waals surface area contributed by atoms with Crippen LogP contribution in [0.15, 0.2) is 150 Å². The number of hydrogen-bond donors (Lipinski definition) is 0. The second-order valence-electron chi connectivity index (χ2n) is 10.9. The van der Waals surface area contributed by atoms with Gasteiger partial charge < -0.3 is 4.42 Å². The van der Waals surface area contributed by atoms with Crippen molar-refractivity contribution in [1.82, 2.24) is 0 Å². The van der Waals surface area contributed by atoms with Crippen LogP contribution in [0.2, 0.25) is 0 Å². The zero-order chi connectivity index (χ0) is 26.9. The van der Waals surface area contributed by atoms with Crippen molar-refractivity contribution in [2.45, 2.75) is 0 Å². The number of benzene rings is 8. The van der Waals surface area contributed by atoms with Crippen LogP contribution in [0.5, 0.6) is 0 Å². The summed E-state index contributed by atoms with van der Waals surface area (Å²) in [5.74, 6) is 0. The average molecular weight is 521 g/mol. The predicted octanol–water partition coefficient (Wildman–Crippen LogP) is 11.5. The summed E-state index contributed by atoms with van der Waals surface area (Å²) in [5.41, 5.74) is 6.77. The van der Waals surface area contributed by atoms with E-state index in [1.54, 1.807) is 0 Å². The van der Waals surface area contributed by atoms with Crippen LogP contribution in [0.25, 0.3) is 87.3 Å². The Bertz CT molecular complexity index is 2460. The van der Waals surface area contributed by atoms with Gasteiger partial charge in [-0.3, -0.25) is 0 Å². The van der Waals surface area contributed by atoms with E-state index in [1.165, 1.54) is 70.7 Å². The Balaban J connectivity index is 1.50. The molecule has 0 saturated heterocycles. The normalized spacial score (nSPS) is 11.9. The second-order valence-corrected chi connectivity index (χ2v) is 10.9. The van der Waals surface area contributed by atoms with E-state index in [9.17, 15) is 0 Å². The Morgan fingerprint density at radius 1 is 0.341 bits per heavy atom. The molecular weight excluding hydrogens is 496 g/mol. The molecule has 8 aromatic carbocycles. The molecule has 41 heavy (non-hydrogen) atoms. The van der Waals surface area contributed by atoms with Crippen molar-refractivity contribution in [3.63, 3.8) is 0 Å². The molecule has 0 N–H and O–H groups in total. The Kier molecular flexibility index (Phi) is 4.67. The SMILES string of the molecule is c1ccc(-c2cc3c(-c4cccc5oc6cc7ccccc7cc6c45)c4ccccc4cc3c3ccccc23)cc1. The summed E-state index contributed by atoms with van der Waals surface area (Å²) in [6, 6.07) is 52.6. The Morgan fingerprint density at radius 2 is 1.00 bits per heavy atom. The molecular formula is C40H24O. The van der Waals surface area contributed by atoms with Gasteiger partial charge >= 0.3 is 0 Å². The molecule has 0 radical (unpaired) electrons. The zero-order valence-corrected chi connectivity index (χ0v) is 22.3. The van der Waals surface area contributed by atoms with Gasteiger partial charge in [-0.1, -0.05) is 115 Å². The minimum atomic E-state index is 0.915. The Morgan fingerprint density at radius 3 is 1.83 bits per heavy atom. The summed E-state index contributed by atoms with van der Waals surface area (Å²) in [4.78, 5) is 0. The quantitative estimate of drug-likeness (QED) is 0.163. The van der Waals surface area contributed by atoms with Crippen molar-refractivity contribution in [3.05, 3.63) is 146 Å². The van der Waals surface area contributed by atoms with Gasteiger partial charge in [-0.05, 0) is 95.7 Å². The van der Waals surface area contributed by atoms with Crippen LogP contribution in [-0.2, 0) is 0 Å². The molecule has 1 aromatic heterocycles.